The Bertz CT molecular complexity index is 590. The number of carbonyl (C=O) groups is 1. The predicted octanol–water partition coefficient (Wildman–Crippen LogP) is 3.71. The molecule has 0 aliphatic carbocycles. The van der Waals surface area contributed by atoms with Crippen LogP contribution in [0.5, 0.6) is 0 Å². The number of hydrogen-bond donors (Lipinski definition) is 1. The SMILES string of the molecule is Cc1ccsc1-c1nc(C(C)(C)C)c(C(=O)O)o1. The molecule has 18 heavy (non-hydrogen) atoms. The van der Waals surface area contributed by atoms with Crippen molar-refractivity contribution in [2.24, 2.45) is 0 Å². The van der Waals surface area contributed by atoms with Gasteiger partial charge in [0.15, 0.2) is 0 Å². The first-order chi connectivity index (χ1) is 8.30. The molecule has 2 aromatic heterocycles. The van der Waals surface area contributed by atoms with Gasteiger partial charge in [0.05, 0.1) is 4.88 Å². The van der Waals surface area contributed by atoms with Crippen molar-refractivity contribution in [2.45, 2.75) is 33.1 Å². The van der Waals surface area contributed by atoms with E-state index in [0.29, 0.717) is 11.6 Å². The van der Waals surface area contributed by atoms with Crippen LogP contribution in [0.25, 0.3) is 10.8 Å². The largest absolute Gasteiger partial charge is 0.475 e. The Morgan fingerprint density at radius 1 is 1.44 bits per heavy atom. The summed E-state index contributed by atoms with van der Waals surface area (Å²) in [7, 11) is 0. The van der Waals surface area contributed by atoms with Gasteiger partial charge in [-0.25, -0.2) is 9.78 Å². The molecule has 96 valence electrons. The molecule has 0 radical (unpaired) electrons. The molecule has 0 saturated carbocycles. The fourth-order valence-corrected chi connectivity index (χ4v) is 2.51. The minimum atomic E-state index is -1.08. The second-order valence-corrected chi connectivity index (χ2v) is 6.10. The molecule has 0 saturated heterocycles. The van der Waals surface area contributed by atoms with E-state index < -0.39 is 5.97 Å². The Labute approximate surface area is 109 Å². The number of carboxylic acid groups (broad SMARTS) is 1. The summed E-state index contributed by atoms with van der Waals surface area (Å²) in [6.07, 6.45) is 0. The van der Waals surface area contributed by atoms with E-state index >= 15 is 0 Å². The van der Waals surface area contributed by atoms with Crippen LogP contribution in [0.4, 0.5) is 0 Å². The summed E-state index contributed by atoms with van der Waals surface area (Å²) in [5.74, 6) is -0.747. The van der Waals surface area contributed by atoms with E-state index in [1.165, 1.54) is 11.3 Å². The zero-order valence-electron chi connectivity index (χ0n) is 10.8. The van der Waals surface area contributed by atoms with Gasteiger partial charge >= 0.3 is 5.97 Å². The highest BCUT2D eigenvalue weighted by atomic mass is 32.1. The number of aryl methyl sites for hydroxylation is 1. The van der Waals surface area contributed by atoms with Gasteiger partial charge in [0.25, 0.3) is 0 Å². The van der Waals surface area contributed by atoms with Crippen LogP contribution < -0.4 is 0 Å². The van der Waals surface area contributed by atoms with Crippen LogP contribution in [0.15, 0.2) is 15.9 Å². The van der Waals surface area contributed by atoms with E-state index in [-0.39, 0.29) is 11.2 Å². The predicted molar refractivity (Wildman–Crippen MR) is 70.2 cm³/mol. The van der Waals surface area contributed by atoms with Crippen LogP contribution >= 0.6 is 11.3 Å². The smallest absolute Gasteiger partial charge is 0.373 e. The van der Waals surface area contributed by atoms with Crippen molar-refractivity contribution < 1.29 is 14.3 Å². The minimum Gasteiger partial charge on any atom is -0.475 e. The highest BCUT2D eigenvalue weighted by Crippen LogP contribution is 2.33. The van der Waals surface area contributed by atoms with E-state index in [1.807, 2.05) is 39.1 Å². The van der Waals surface area contributed by atoms with E-state index in [1.54, 1.807) is 0 Å². The molecule has 0 atom stereocenters. The number of thiophene rings is 1. The molecule has 5 heteroatoms. The van der Waals surface area contributed by atoms with Crippen molar-refractivity contribution in [1.29, 1.82) is 0 Å². The molecule has 1 N–H and O–H groups in total. The van der Waals surface area contributed by atoms with E-state index in [2.05, 4.69) is 4.98 Å². The van der Waals surface area contributed by atoms with Crippen LogP contribution in [0.2, 0.25) is 0 Å². The summed E-state index contributed by atoms with van der Waals surface area (Å²) in [5, 5.41) is 11.1. The molecule has 0 aromatic carbocycles. The highest BCUT2D eigenvalue weighted by molar-refractivity contribution is 7.13. The normalized spacial score (nSPS) is 11.8. The van der Waals surface area contributed by atoms with Gasteiger partial charge in [-0.3, -0.25) is 0 Å². The van der Waals surface area contributed by atoms with Gasteiger partial charge in [-0.05, 0) is 23.9 Å². The Hall–Kier alpha value is -1.62. The summed E-state index contributed by atoms with van der Waals surface area (Å²) >= 11 is 1.50. The molecule has 2 aromatic rings. The molecule has 0 aliphatic rings. The second-order valence-electron chi connectivity index (χ2n) is 5.18. The fraction of sp³-hybridized carbons (Fsp3) is 0.385. The van der Waals surface area contributed by atoms with Crippen LogP contribution in [0.1, 0.15) is 42.6 Å². The molecule has 0 bridgehead atoms. The van der Waals surface area contributed by atoms with Gasteiger partial charge in [0.1, 0.15) is 5.69 Å². The zero-order valence-corrected chi connectivity index (χ0v) is 11.6. The Morgan fingerprint density at radius 3 is 2.50 bits per heavy atom. The number of nitrogens with zero attached hydrogens (tertiary/aromatic N) is 1. The topological polar surface area (TPSA) is 63.3 Å². The summed E-state index contributed by atoms with van der Waals surface area (Å²) in [6.45, 7) is 7.71. The molecule has 0 spiro atoms. The number of aromatic carboxylic acids is 1. The molecular weight excluding hydrogens is 250 g/mol. The fourth-order valence-electron chi connectivity index (χ4n) is 1.66. The lowest BCUT2D eigenvalue weighted by molar-refractivity contribution is 0.0659. The maximum Gasteiger partial charge on any atom is 0.373 e. The molecule has 2 rings (SSSR count). The van der Waals surface area contributed by atoms with Gasteiger partial charge < -0.3 is 9.52 Å². The van der Waals surface area contributed by atoms with E-state index in [0.717, 1.165) is 10.4 Å². The van der Waals surface area contributed by atoms with E-state index in [4.69, 9.17) is 4.42 Å². The molecular formula is C13H15NO3S. The maximum absolute atomic E-state index is 11.2. The third-order valence-electron chi connectivity index (χ3n) is 2.59. The van der Waals surface area contributed by atoms with Gasteiger partial charge in [-0.2, -0.15) is 0 Å². The van der Waals surface area contributed by atoms with Crippen LogP contribution in [0.3, 0.4) is 0 Å². The number of aromatic nitrogens is 1. The summed E-state index contributed by atoms with van der Waals surface area (Å²) in [4.78, 5) is 16.5. The van der Waals surface area contributed by atoms with Crippen molar-refractivity contribution in [1.82, 2.24) is 4.98 Å². The Morgan fingerprint density at radius 2 is 2.11 bits per heavy atom. The van der Waals surface area contributed by atoms with E-state index in [9.17, 15) is 9.90 Å². The molecule has 0 aliphatic heterocycles. The lowest BCUT2D eigenvalue weighted by Crippen LogP contribution is -2.16. The van der Waals surface area contributed by atoms with Gasteiger partial charge in [0.2, 0.25) is 11.7 Å². The molecule has 2 heterocycles. The van der Waals surface area contributed by atoms with Crippen molar-refractivity contribution in [3.05, 3.63) is 28.5 Å². The monoisotopic (exact) mass is 265 g/mol. The summed E-state index contributed by atoms with van der Waals surface area (Å²) in [5.41, 5.74) is 1.16. The van der Waals surface area contributed by atoms with Crippen molar-refractivity contribution in [3.8, 4) is 10.8 Å². The first-order valence-electron chi connectivity index (χ1n) is 5.60. The van der Waals surface area contributed by atoms with Crippen molar-refractivity contribution in [3.63, 3.8) is 0 Å². The van der Waals surface area contributed by atoms with Gasteiger partial charge in [-0.1, -0.05) is 20.8 Å². The van der Waals surface area contributed by atoms with Gasteiger partial charge in [-0.15, -0.1) is 11.3 Å². The van der Waals surface area contributed by atoms with Crippen molar-refractivity contribution in [2.75, 3.05) is 0 Å². The average molecular weight is 265 g/mol. The second kappa shape index (κ2) is 4.24. The lowest BCUT2D eigenvalue weighted by Gasteiger charge is -2.14. The highest BCUT2D eigenvalue weighted by Gasteiger charge is 2.29. The molecule has 0 unspecified atom stereocenters. The summed E-state index contributed by atoms with van der Waals surface area (Å²) in [6, 6.07) is 1.96. The number of rotatable bonds is 2. The first kappa shape index (κ1) is 12.8. The molecule has 0 amide bonds. The molecule has 0 fully saturated rings. The van der Waals surface area contributed by atoms with Crippen molar-refractivity contribution >= 4 is 17.3 Å². The summed E-state index contributed by atoms with van der Waals surface area (Å²) < 4.78 is 5.43. The van der Waals surface area contributed by atoms with Crippen LogP contribution in [-0.2, 0) is 5.41 Å². The Balaban J connectivity index is 2.60. The van der Waals surface area contributed by atoms with Crippen LogP contribution in [-0.4, -0.2) is 16.1 Å². The number of oxazole rings is 1. The number of carboxylic acids is 1. The number of hydrogen-bond acceptors (Lipinski definition) is 4. The third-order valence-corrected chi connectivity index (χ3v) is 3.59. The zero-order chi connectivity index (χ0) is 13.5. The van der Waals surface area contributed by atoms with Gasteiger partial charge in [0, 0.05) is 5.41 Å². The first-order valence-corrected chi connectivity index (χ1v) is 6.47. The average Bonchev–Trinajstić information content (AvgIpc) is 2.81. The Kier molecular flexibility index (Phi) is 3.02. The standard InChI is InChI=1S/C13H15NO3S/c1-7-5-6-18-9(7)11-14-10(13(2,3)4)8(17-11)12(15)16/h5-6H,1-4H3,(H,15,16). The molecule has 4 nitrogen and oxygen atoms in total. The lowest BCUT2D eigenvalue weighted by atomic mass is 9.91. The third kappa shape index (κ3) is 2.18. The minimum absolute atomic E-state index is 0.0645. The quantitative estimate of drug-likeness (QED) is 0.899. The maximum atomic E-state index is 11.2. The van der Waals surface area contributed by atoms with Crippen LogP contribution in [0, 0.1) is 6.92 Å².